The number of anilines is 2. The summed E-state index contributed by atoms with van der Waals surface area (Å²) < 4.78 is 7.42. The fourth-order valence-corrected chi connectivity index (χ4v) is 3.56. The Labute approximate surface area is 202 Å². The number of nitrogens with one attached hydrogen (secondary N) is 2. The summed E-state index contributed by atoms with van der Waals surface area (Å²) in [5.74, 6) is 0.397. The second-order valence-electron chi connectivity index (χ2n) is 9.08. The number of benzene rings is 2. The van der Waals surface area contributed by atoms with Crippen LogP contribution in [0.25, 0.3) is 16.8 Å². The maximum atomic E-state index is 12.2. The smallest absolute Gasteiger partial charge is 0.261 e. The van der Waals surface area contributed by atoms with Crippen molar-refractivity contribution in [1.29, 1.82) is 0 Å². The highest BCUT2D eigenvalue weighted by molar-refractivity contribution is 5.95. The number of pyridine rings is 1. The molecule has 0 aliphatic heterocycles. The lowest BCUT2D eigenvalue weighted by Crippen LogP contribution is -2.43. The van der Waals surface area contributed by atoms with Gasteiger partial charge in [0.05, 0.1) is 0 Å². The number of carbonyl (C=O) groups is 2. The lowest BCUT2D eigenvalue weighted by atomic mass is 10.1. The number of fused-ring (bicyclic) bond motifs is 1. The molecule has 1 aliphatic rings. The first kappa shape index (κ1) is 22.4. The van der Waals surface area contributed by atoms with Crippen LogP contribution in [0.2, 0.25) is 0 Å². The second-order valence-corrected chi connectivity index (χ2v) is 9.08. The zero-order chi connectivity index (χ0) is 24.6. The summed E-state index contributed by atoms with van der Waals surface area (Å²) in [7, 11) is 0. The minimum Gasteiger partial charge on any atom is -0.478 e. The molecular weight excluding hydrogens is 444 g/mol. The average Bonchev–Trinajstić information content (AvgIpc) is 3.55. The zero-order valence-corrected chi connectivity index (χ0v) is 19.5. The Morgan fingerprint density at radius 3 is 2.43 bits per heavy atom. The van der Waals surface area contributed by atoms with Crippen molar-refractivity contribution < 1.29 is 14.3 Å². The van der Waals surface area contributed by atoms with Crippen LogP contribution in [0.3, 0.4) is 0 Å². The van der Waals surface area contributed by atoms with Gasteiger partial charge in [0.25, 0.3) is 11.8 Å². The summed E-state index contributed by atoms with van der Waals surface area (Å²) in [6, 6.07) is 18.8. The first-order valence-electron chi connectivity index (χ1n) is 11.4. The van der Waals surface area contributed by atoms with E-state index in [2.05, 4.69) is 20.7 Å². The molecule has 0 bridgehead atoms. The van der Waals surface area contributed by atoms with Crippen LogP contribution in [-0.2, 0) is 4.79 Å². The van der Waals surface area contributed by atoms with Gasteiger partial charge in [-0.2, -0.15) is 4.98 Å². The first-order valence-corrected chi connectivity index (χ1v) is 11.4. The fourth-order valence-electron chi connectivity index (χ4n) is 3.56. The Kier molecular flexibility index (Phi) is 5.60. The first-order chi connectivity index (χ1) is 16.8. The van der Waals surface area contributed by atoms with E-state index in [1.807, 2.05) is 42.6 Å². The van der Waals surface area contributed by atoms with Crippen LogP contribution >= 0.6 is 0 Å². The minimum atomic E-state index is -1.10. The minimum absolute atomic E-state index is 0.0517. The molecule has 9 nitrogen and oxygen atoms in total. The summed E-state index contributed by atoms with van der Waals surface area (Å²) in [5, 5.41) is 10.7. The molecule has 0 radical (unpaired) electrons. The van der Waals surface area contributed by atoms with Gasteiger partial charge in [0.2, 0.25) is 5.95 Å². The zero-order valence-electron chi connectivity index (χ0n) is 19.5. The van der Waals surface area contributed by atoms with E-state index in [0.717, 1.165) is 29.7 Å². The van der Waals surface area contributed by atoms with Crippen molar-refractivity contribution >= 4 is 29.1 Å². The molecule has 2 heterocycles. The van der Waals surface area contributed by atoms with Crippen molar-refractivity contribution in [2.45, 2.75) is 38.3 Å². The number of carbonyl (C=O) groups excluding carboxylic acids is 2. The Morgan fingerprint density at radius 1 is 1.06 bits per heavy atom. The van der Waals surface area contributed by atoms with E-state index in [4.69, 9.17) is 10.5 Å². The molecule has 1 saturated carbocycles. The van der Waals surface area contributed by atoms with Gasteiger partial charge in [0.15, 0.2) is 11.2 Å². The maximum Gasteiger partial charge on any atom is 0.261 e. The summed E-state index contributed by atoms with van der Waals surface area (Å²) in [6.45, 7) is 3.26. The van der Waals surface area contributed by atoms with Gasteiger partial charge in [0, 0.05) is 29.1 Å². The molecule has 1 fully saturated rings. The number of hydrogen-bond acceptors (Lipinski definition) is 6. The molecule has 2 aromatic heterocycles. The van der Waals surface area contributed by atoms with E-state index in [-0.39, 0.29) is 5.91 Å². The summed E-state index contributed by atoms with van der Waals surface area (Å²) >= 11 is 0. The Morgan fingerprint density at radius 2 is 1.77 bits per heavy atom. The van der Waals surface area contributed by atoms with Crippen LogP contribution < -0.4 is 21.1 Å². The second kappa shape index (κ2) is 8.75. The van der Waals surface area contributed by atoms with Crippen molar-refractivity contribution in [2.75, 3.05) is 5.32 Å². The number of primary amides is 1. The molecule has 2 amide bonds. The third-order valence-electron chi connectivity index (χ3n) is 5.81. The number of nitrogens with zero attached hydrogens (tertiary/aromatic N) is 3. The molecule has 0 saturated heterocycles. The summed E-state index contributed by atoms with van der Waals surface area (Å²) in [6.07, 6.45) is 3.94. The van der Waals surface area contributed by atoms with E-state index in [0.29, 0.717) is 29.0 Å². The molecule has 9 heteroatoms. The number of nitrogens with two attached hydrogens (primary N) is 1. The van der Waals surface area contributed by atoms with Gasteiger partial charge in [-0.25, -0.2) is 4.52 Å². The van der Waals surface area contributed by atoms with Crippen molar-refractivity contribution in [2.24, 2.45) is 5.73 Å². The molecule has 4 N–H and O–H groups in total. The van der Waals surface area contributed by atoms with Crippen molar-refractivity contribution in [3.05, 3.63) is 72.4 Å². The fraction of sp³-hybridized carbons (Fsp3) is 0.231. The molecule has 2 aromatic carbocycles. The van der Waals surface area contributed by atoms with Gasteiger partial charge >= 0.3 is 0 Å². The van der Waals surface area contributed by atoms with Gasteiger partial charge in [-0.3, -0.25) is 9.59 Å². The molecule has 178 valence electrons. The monoisotopic (exact) mass is 470 g/mol. The van der Waals surface area contributed by atoms with Crippen LogP contribution in [0.15, 0.2) is 66.9 Å². The molecule has 0 atom stereocenters. The molecular formula is C26H26N6O3. The van der Waals surface area contributed by atoms with Crippen LogP contribution in [0, 0.1) is 0 Å². The summed E-state index contributed by atoms with van der Waals surface area (Å²) in [5.41, 5.74) is 8.19. The van der Waals surface area contributed by atoms with Gasteiger partial charge in [-0.1, -0.05) is 12.1 Å². The molecule has 35 heavy (non-hydrogen) atoms. The van der Waals surface area contributed by atoms with Gasteiger partial charge in [-0.15, -0.1) is 5.10 Å². The van der Waals surface area contributed by atoms with Gasteiger partial charge < -0.3 is 21.1 Å². The number of aromatic nitrogens is 3. The Balaban J connectivity index is 1.34. The van der Waals surface area contributed by atoms with E-state index in [9.17, 15) is 9.59 Å². The highest BCUT2D eigenvalue weighted by atomic mass is 16.5. The Bertz CT molecular complexity index is 1390. The quantitative estimate of drug-likeness (QED) is 0.361. The maximum absolute atomic E-state index is 12.2. The highest BCUT2D eigenvalue weighted by Gasteiger charge is 2.27. The van der Waals surface area contributed by atoms with E-state index in [1.165, 1.54) is 0 Å². The number of rotatable bonds is 8. The van der Waals surface area contributed by atoms with Crippen LogP contribution in [-0.4, -0.2) is 38.1 Å². The third-order valence-corrected chi connectivity index (χ3v) is 5.81. The van der Waals surface area contributed by atoms with Crippen LogP contribution in [0.5, 0.6) is 5.75 Å². The predicted molar refractivity (Wildman–Crippen MR) is 133 cm³/mol. The Hall–Kier alpha value is -4.40. The van der Waals surface area contributed by atoms with Crippen molar-refractivity contribution in [1.82, 2.24) is 19.9 Å². The van der Waals surface area contributed by atoms with E-state index >= 15 is 0 Å². The predicted octanol–water partition coefficient (Wildman–Crippen LogP) is 3.67. The standard InChI is InChI=1S/C26H26N6O3/c1-26(2,24(27)34)35-20-13-7-16(8-14-20)21-4-3-15-32-22(21)30-25(31-32)29-19-9-5-17(6-10-19)23(33)28-18-11-12-18/h3-10,13-15,18H,11-12H2,1-2H3,(H2,27,34)(H,28,33)(H,29,31). The highest BCUT2D eigenvalue weighted by Crippen LogP contribution is 2.28. The normalized spacial score (nSPS) is 13.4. The third kappa shape index (κ3) is 4.93. The van der Waals surface area contributed by atoms with Gasteiger partial charge in [0.1, 0.15) is 5.75 Å². The van der Waals surface area contributed by atoms with E-state index < -0.39 is 11.5 Å². The molecule has 4 aromatic rings. The van der Waals surface area contributed by atoms with Crippen molar-refractivity contribution in [3.8, 4) is 16.9 Å². The lowest BCUT2D eigenvalue weighted by molar-refractivity contribution is -0.130. The molecule has 5 rings (SSSR count). The molecule has 0 spiro atoms. The van der Waals surface area contributed by atoms with E-state index in [1.54, 1.807) is 42.6 Å². The summed E-state index contributed by atoms with van der Waals surface area (Å²) in [4.78, 5) is 28.4. The van der Waals surface area contributed by atoms with Crippen LogP contribution in [0.4, 0.5) is 11.6 Å². The average molecular weight is 471 g/mol. The SMILES string of the molecule is CC(C)(Oc1ccc(-c2cccn3nc(Nc4ccc(C(=O)NC5CC5)cc4)nc23)cc1)C(N)=O. The molecule has 1 aliphatic carbocycles. The number of hydrogen-bond donors (Lipinski definition) is 3. The van der Waals surface area contributed by atoms with Crippen LogP contribution in [0.1, 0.15) is 37.0 Å². The lowest BCUT2D eigenvalue weighted by Gasteiger charge is -2.22. The topological polar surface area (TPSA) is 124 Å². The van der Waals surface area contributed by atoms with Gasteiger partial charge in [-0.05, 0) is 80.8 Å². The number of amides is 2. The molecule has 0 unspecified atom stereocenters. The largest absolute Gasteiger partial charge is 0.478 e. The number of ether oxygens (including phenoxy) is 1. The van der Waals surface area contributed by atoms with Crippen molar-refractivity contribution in [3.63, 3.8) is 0 Å².